The van der Waals surface area contributed by atoms with Crippen LogP contribution in [0, 0.1) is 0 Å². The first kappa shape index (κ1) is 15.0. The van der Waals surface area contributed by atoms with Crippen LogP contribution in [-0.2, 0) is 0 Å². The molecule has 2 heterocycles. The summed E-state index contributed by atoms with van der Waals surface area (Å²) >= 11 is 4.87. The highest BCUT2D eigenvalue weighted by molar-refractivity contribution is 9.10. The number of hydrogen-bond donors (Lipinski definition) is 1. The predicted molar refractivity (Wildman–Crippen MR) is 80.7 cm³/mol. The van der Waals surface area contributed by atoms with Crippen molar-refractivity contribution in [1.29, 1.82) is 0 Å². The third kappa shape index (κ3) is 4.02. The monoisotopic (exact) mass is 346 g/mol. The summed E-state index contributed by atoms with van der Waals surface area (Å²) in [6, 6.07) is 1.91. The van der Waals surface area contributed by atoms with Crippen molar-refractivity contribution in [3.8, 4) is 0 Å². The Labute approximate surface area is 126 Å². The maximum atomic E-state index is 12.3. The predicted octanol–water partition coefficient (Wildman–Crippen LogP) is 2.04. The summed E-state index contributed by atoms with van der Waals surface area (Å²) in [6.45, 7) is 7.36. The number of β-amino-alcohol motifs (C(OH)–C–C–N with tert-alkyl or cyclic N) is 1. The molecule has 4 nitrogen and oxygen atoms in total. The van der Waals surface area contributed by atoms with E-state index < -0.39 is 5.60 Å². The van der Waals surface area contributed by atoms with Crippen molar-refractivity contribution in [1.82, 2.24) is 9.80 Å². The maximum Gasteiger partial charge on any atom is 0.265 e. The first-order valence-corrected chi connectivity index (χ1v) is 8.01. The summed E-state index contributed by atoms with van der Waals surface area (Å²) in [5.74, 6) is 0.102. The van der Waals surface area contributed by atoms with Gasteiger partial charge in [0.1, 0.15) is 4.88 Å². The minimum Gasteiger partial charge on any atom is -0.389 e. The number of amides is 1. The molecule has 0 spiro atoms. The molecule has 106 valence electrons. The zero-order valence-corrected chi connectivity index (χ0v) is 13.6. The van der Waals surface area contributed by atoms with Crippen LogP contribution in [0.5, 0.6) is 0 Å². The minimum atomic E-state index is -0.678. The van der Waals surface area contributed by atoms with Crippen LogP contribution in [-0.4, -0.2) is 59.1 Å². The molecule has 1 amide bonds. The SMILES string of the molecule is CC(C)(O)CN1CCN(C(=O)c2sccc2Br)CC1. The Kier molecular flexibility index (Phi) is 4.66. The lowest BCUT2D eigenvalue weighted by Crippen LogP contribution is -2.51. The highest BCUT2D eigenvalue weighted by Crippen LogP contribution is 2.24. The summed E-state index contributed by atoms with van der Waals surface area (Å²) in [5, 5.41) is 11.7. The van der Waals surface area contributed by atoms with Crippen LogP contribution >= 0.6 is 27.3 Å². The standard InChI is InChI=1S/C13H19BrN2O2S/c1-13(2,18)9-15-4-6-16(7-5-15)12(17)11-10(14)3-8-19-11/h3,8,18H,4-7,9H2,1-2H3. The fourth-order valence-electron chi connectivity index (χ4n) is 2.25. The number of hydrogen-bond acceptors (Lipinski definition) is 4. The van der Waals surface area contributed by atoms with Crippen LogP contribution in [0.4, 0.5) is 0 Å². The van der Waals surface area contributed by atoms with E-state index in [2.05, 4.69) is 20.8 Å². The Morgan fingerprint density at radius 2 is 2.05 bits per heavy atom. The van der Waals surface area contributed by atoms with Gasteiger partial charge in [0.15, 0.2) is 0 Å². The van der Waals surface area contributed by atoms with Gasteiger partial charge in [-0.2, -0.15) is 0 Å². The quantitative estimate of drug-likeness (QED) is 0.910. The Hall–Kier alpha value is -0.430. The average molecular weight is 347 g/mol. The maximum absolute atomic E-state index is 12.3. The van der Waals surface area contributed by atoms with Crippen molar-refractivity contribution in [2.24, 2.45) is 0 Å². The van der Waals surface area contributed by atoms with Crippen molar-refractivity contribution >= 4 is 33.2 Å². The molecule has 1 N–H and O–H groups in total. The Morgan fingerprint density at radius 1 is 1.42 bits per heavy atom. The number of piperazine rings is 1. The lowest BCUT2D eigenvalue weighted by molar-refractivity contribution is 0.0179. The lowest BCUT2D eigenvalue weighted by Gasteiger charge is -2.37. The van der Waals surface area contributed by atoms with E-state index in [9.17, 15) is 9.90 Å². The van der Waals surface area contributed by atoms with Crippen LogP contribution < -0.4 is 0 Å². The molecule has 1 aliphatic rings. The van der Waals surface area contributed by atoms with Crippen LogP contribution in [0.2, 0.25) is 0 Å². The molecule has 2 rings (SSSR count). The number of aliphatic hydroxyl groups is 1. The fourth-order valence-corrected chi connectivity index (χ4v) is 3.75. The Bertz CT molecular complexity index is 448. The van der Waals surface area contributed by atoms with E-state index in [0.717, 1.165) is 35.5 Å². The van der Waals surface area contributed by atoms with E-state index in [1.807, 2.05) is 30.2 Å². The van der Waals surface area contributed by atoms with Crippen molar-refractivity contribution < 1.29 is 9.90 Å². The molecule has 0 atom stereocenters. The zero-order valence-electron chi connectivity index (χ0n) is 11.2. The third-order valence-electron chi connectivity index (χ3n) is 3.08. The number of nitrogens with zero attached hydrogens (tertiary/aromatic N) is 2. The van der Waals surface area contributed by atoms with E-state index >= 15 is 0 Å². The summed E-state index contributed by atoms with van der Waals surface area (Å²) in [7, 11) is 0. The van der Waals surface area contributed by atoms with Gasteiger partial charge in [-0.25, -0.2) is 0 Å². The molecule has 1 aliphatic heterocycles. The summed E-state index contributed by atoms with van der Waals surface area (Å²) in [5.41, 5.74) is -0.678. The topological polar surface area (TPSA) is 43.8 Å². The number of carbonyl (C=O) groups is 1. The van der Waals surface area contributed by atoms with Gasteiger partial charge in [0, 0.05) is 37.2 Å². The van der Waals surface area contributed by atoms with Gasteiger partial charge in [-0.3, -0.25) is 9.69 Å². The molecule has 0 bridgehead atoms. The fraction of sp³-hybridized carbons (Fsp3) is 0.615. The second-order valence-electron chi connectivity index (χ2n) is 5.48. The van der Waals surface area contributed by atoms with E-state index in [0.29, 0.717) is 6.54 Å². The van der Waals surface area contributed by atoms with Crippen LogP contribution in [0.1, 0.15) is 23.5 Å². The summed E-state index contributed by atoms with van der Waals surface area (Å²) in [4.78, 5) is 17.2. The van der Waals surface area contributed by atoms with Crippen molar-refractivity contribution in [2.45, 2.75) is 19.4 Å². The van der Waals surface area contributed by atoms with E-state index in [4.69, 9.17) is 0 Å². The highest BCUT2D eigenvalue weighted by Gasteiger charge is 2.26. The molecule has 6 heteroatoms. The summed E-state index contributed by atoms with van der Waals surface area (Å²) in [6.07, 6.45) is 0. The van der Waals surface area contributed by atoms with Crippen molar-refractivity contribution in [3.05, 3.63) is 20.8 Å². The average Bonchev–Trinajstić information content (AvgIpc) is 2.73. The van der Waals surface area contributed by atoms with Gasteiger partial charge in [-0.15, -0.1) is 11.3 Å². The largest absolute Gasteiger partial charge is 0.389 e. The number of carbonyl (C=O) groups excluding carboxylic acids is 1. The first-order chi connectivity index (χ1) is 8.87. The molecule has 1 saturated heterocycles. The van der Waals surface area contributed by atoms with Crippen molar-refractivity contribution in [2.75, 3.05) is 32.7 Å². The first-order valence-electron chi connectivity index (χ1n) is 6.34. The molecule has 0 aromatic carbocycles. The second-order valence-corrected chi connectivity index (χ2v) is 7.25. The van der Waals surface area contributed by atoms with Crippen LogP contribution in [0.3, 0.4) is 0 Å². The van der Waals surface area contributed by atoms with Crippen LogP contribution in [0.25, 0.3) is 0 Å². The zero-order chi connectivity index (χ0) is 14.0. The molecule has 1 aromatic heterocycles. The third-order valence-corrected chi connectivity index (χ3v) is 4.91. The van der Waals surface area contributed by atoms with E-state index in [1.165, 1.54) is 11.3 Å². The number of thiophene rings is 1. The van der Waals surface area contributed by atoms with Gasteiger partial charge in [0.05, 0.1) is 5.60 Å². The lowest BCUT2D eigenvalue weighted by atomic mass is 10.1. The molecule has 0 saturated carbocycles. The van der Waals surface area contributed by atoms with Gasteiger partial charge in [0.2, 0.25) is 0 Å². The molecular weight excluding hydrogens is 328 g/mol. The Balaban J connectivity index is 1.90. The Morgan fingerprint density at radius 3 is 2.53 bits per heavy atom. The van der Waals surface area contributed by atoms with E-state index in [-0.39, 0.29) is 5.91 Å². The molecule has 0 unspecified atom stereocenters. The van der Waals surface area contributed by atoms with Gasteiger partial charge < -0.3 is 10.0 Å². The van der Waals surface area contributed by atoms with Crippen molar-refractivity contribution in [3.63, 3.8) is 0 Å². The molecule has 0 aliphatic carbocycles. The molecular formula is C13H19BrN2O2S. The normalized spacial score (nSPS) is 17.8. The van der Waals surface area contributed by atoms with Gasteiger partial charge in [-0.1, -0.05) is 0 Å². The van der Waals surface area contributed by atoms with Gasteiger partial charge in [0.25, 0.3) is 5.91 Å². The second kappa shape index (κ2) is 5.91. The molecule has 1 fully saturated rings. The number of rotatable bonds is 3. The minimum absolute atomic E-state index is 0.102. The summed E-state index contributed by atoms with van der Waals surface area (Å²) < 4.78 is 0.876. The smallest absolute Gasteiger partial charge is 0.265 e. The van der Waals surface area contributed by atoms with E-state index in [1.54, 1.807) is 0 Å². The molecule has 1 aromatic rings. The molecule has 0 radical (unpaired) electrons. The highest BCUT2D eigenvalue weighted by atomic mass is 79.9. The van der Waals surface area contributed by atoms with Gasteiger partial charge in [-0.05, 0) is 41.2 Å². The molecule has 19 heavy (non-hydrogen) atoms. The van der Waals surface area contributed by atoms with Crippen LogP contribution in [0.15, 0.2) is 15.9 Å². The van der Waals surface area contributed by atoms with Gasteiger partial charge >= 0.3 is 0 Å². The number of halogens is 1.